The Morgan fingerprint density at radius 1 is 1.44 bits per heavy atom. The van der Waals surface area contributed by atoms with Crippen molar-refractivity contribution < 1.29 is 0 Å². The fourth-order valence-electron chi connectivity index (χ4n) is 1.75. The zero-order valence-electron chi connectivity index (χ0n) is 10.6. The molecule has 1 aromatic rings. The molecule has 0 spiro atoms. The molecule has 16 heavy (non-hydrogen) atoms. The Morgan fingerprint density at radius 2 is 2.12 bits per heavy atom. The van der Waals surface area contributed by atoms with E-state index in [1.165, 1.54) is 27.1 Å². The van der Waals surface area contributed by atoms with E-state index in [1.807, 2.05) is 11.3 Å². The summed E-state index contributed by atoms with van der Waals surface area (Å²) in [5.74, 6) is 0.691. The molecule has 0 saturated carbocycles. The summed E-state index contributed by atoms with van der Waals surface area (Å²) in [5.41, 5.74) is 1.35. The van der Waals surface area contributed by atoms with Crippen LogP contribution in [0, 0.1) is 12.8 Å². The number of rotatable bonds is 6. The molecule has 0 fully saturated rings. The van der Waals surface area contributed by atoms with Crippen LogP contribution in [0.1, 0.15) is 50.1 Å². The second kappa shape index (κ2) is 6.77. The average Bonchev–Trinajstić information content (AvgIpc) is 2.59. The number of thiophene rings is 1. The predicted octanol–water partition coefficient (Wildman–Crippen LogP) is 4.91. The number of halogens is 1. The highest BCUT2D eigenvalue weighted by molar-refractivity contribution is 9.11. The van der Waals surface area contributed by atoms with Crippen molar-refractivity contribution in [3.63, 3.8) is 0 Å². The fraction of sp³-hybridized carbons (Fsp3) is 0.692. The van der Waals surface area contributed by atoms with Gasteiger partial charge in [-0.15, -0.1) is 11.3 Å². The lowest BCUT2D eigenvalue weighted by Crippen LogP contribution is -2.26. The van der Waals surface area contributed by atoms with Gasteiger partial charge in [0.1, 0.15) is 0 Å². The van der Waals surface area contributed by atoms with Gasteiger partial charge < -0.3 is 5.32 Å². The minimum absolute atomic E-state index is 0.514. The van der Waals surface area contributed by atoms with Crippen LogP contribution in [0.25, 0.3) is 0 Å². The largest absolute Gasteiger partial charge is 0.309 e. The van der Waals surface area contributed by atoms with E-state index in [-0.39, 0.29) is 0 Å². The first-order valence-electron chi connectivity index (χ1n) is 6.09. The molecule has 1 rings (SSSR count). The molecule has 1 aromatic heterocycles. The molecule has 0 aliphatic heterocycles. The van der Waals surface area contributed by atoms with E-state index in [9.17, 15) is 0 Å². The van der Waals surface area contributed by atoms with Crippen molar-refractivity contribution in [2.75, 3.05) is 6.54 Å². The summed E-state index contributed by atoms with van der Waals surface area (Å²) in [6.45, 7) is 10.1. The van der Waals surface area contributed by atoms with Gasteiger partial charge in [-0.2, -0.15) is 0 Å². The number of aryl methyl sites for hydroxylation is 1. The van der Waals surface area contributed by atoms with Gasteiger partial charge in [0, 0.05) is 10.9 Å². The number of hydrogen-bond acceptors (Lipinski definition) is 2. The fourth-order valence-corrected chi connectivity index (χ4v) is 3.53. The monoisotopic (exact) mass is 303 g/mol. The van der Waals surface area contributed by atoms with Gasteiger partial charge in [-0.05, 0) is 53.4 Å². The van der Waals surface area contributed by atoms with Crippen LogP contribution in [0.4, 0.5) is 0 Å². The Kier molecular flexibility index (Phi) is 6.01. The summed E-state index contributed by atoms with van der Waals surface area (Å²) in [5, 5.41) is 3.67. The van der Waals surface area contributed by atoms with Gasteiger partial charge in [-0.3, -0.25) is 0 Å². The summed E-state index contributed by atoms with van der Waals surface area (Å²) >= 11 is 5.49. The Balaban J connectivity index is 2.82. The van der Waals surface area contributed by atoms with E-state index in [0.29, 0.717) is 12.0 Å². The van der Waals surface area contributed by atoms with Crippen molar-refractivity contribution in [2.24, 2.45) is 5.92 Å². The second-order valence-electron chi connectivity index (χ2n) is 4.42. The molecule has 1 nitrogen and oxygen atoms in total. The number of hydrogen-bond donors (Lipinski definition) is 1. The predicted molar refractivity (Wildman–Crippen MR) is 77.2 cm³/mol. The quantitative estimate of drug-likeness (QED) is 0.787. The highest BCUT2D eigenvalue weighted by Crippen LogP contribution is 2.35. The molecular formula is C13H22BrNS. The Morgan fingerprint density at radius 3 is 2.56 bits per heavy atom. The maximum Gasteiger partial charge on any atom is 0.0731 e. The number of nitrogens with one attached hydrogen (secondary N) is 1. The van der Waals surface area contributed by atoms with Crippen LogP contribution in [0.15, 0.2) is 9.85 Å². The van der Waals surface area contributed by atoms with Gasteiger partial charge in [-0.25, -0.2) is 0 Å². The molecule has 3 heteroatoms. The van der Waals surface area contributed by atoms with Crippen molar-refractivity contribution in [1.82, 2.24) is 5.32 Å². The van der Waals surface area contributed by atoms with Gasteiger partial charge in [0.15, 0.2) is 0 Å². The molecule has 2 unspecified atom stereocenters. The first-order chi connectivity index (χ1) is 7.60. The van der Waals surface area contributed by atoms with E-state index in [2.05, 4.69) is 55.0 Å². The van der Waals surface area contributed by atoms with E-state index >= 15 is 0 Å². The lowest BCUT2D eigenvalue weighted by atomic mass is 9.97. The van der Waals surface area contributed by atoms with Crippen LogP contribution in [-0.4, -0.2) is 6.54 Å². The summed E-state index contributed by atoms with van der Waals surface area (Å²) in [4.78, 5) is 1.46. The minimum atomic E-state index is 0.514. The topological polar surface area (TPSA) is 12.0 Å². The molecule has 2 atom stereocenters. The summed E-state index contributed by atoms with van der Waals surface area (Å²) in [6, 6.07) is 2.83. The molecular weight excluding hydrogens is 282 g/mol. The van der Waals surface area contributed by atoms with Crippen molar-refractivity contribution in [3.05, 3.63) is 20.3 Å². The van der Waals surface area contributed by atoms with Crippen LogP contribution in [0.3, 0.4) is 0 Å². The Bertz CT molecular complexity index is 302. The molecule has 0 aromatic carbocycles. The molecule has 0 bridgehead atoms. The first-order valence-corrected chi connectivity index (χ1v) is 7.70. The van der Waals surface area contributed by atoms with Gasteiger partial charge in [0.05, 0.1) is 3.79 Å². The zero-order valence-corrected chi connectivity index (χ0v) is 13.0. The zero-order chi connectivity index (χ0) is 12.1. The smallest absolute Gasteiger partial charge is 0.0731 e. The normalized spacial score (nSPS) is 15.1. The molecule has 0 radical (unpaired) electrons. The molecule has 0 amide bonds. The summed E-state index contributed by atoms with van der Waals surface area (Å²) < 4.78 is 1.27. The third kappa shape index (κ3) is 3.57. The van der Waals surface area contributed by atoms with Crippen molar-refractivity contribution in [1.29, 1.82) is 0 Å². The SMILES string of the molecule is CCCNC(c1cc(C)c(Br)s1)C(C)CC. The van der Waals surface area contributed by atoms with E-state index in [4.69, 9.17) is 0 Å². The summed E-state index contributed by atoms with van der Waals surface area (Å²) in [6.07, 6.45) is 2.41. The molecule has 0 aliphatic carbocycles. The maximum atomic E-state index is 3.67. The minimum Gasteiger partial charge on any atom is -0.309 e. The Hall–Kier alpha value is 0.140. The van der Waals surface area contributed by atoms with Crippen molar-refractivity contribution in [3.8, 4) is 0 Å². The summed E-state index contributed by atoms with van der Waals surface area (Å²) in [7, 11) is 0. The van der Waals surface area contributed by atoms with Crippen LogP contribution >= 0.6 is 27.3 Å². The molecule has 92 valence electrons. The van der Waals surface area contributed by atoms with Crippen molar-refractivity contribution in [2.45, 2.75) is 46.6 Å². The van der Waals surface area contributed by atoms with Gasteiger partial charge in [0.25, 0.3) is 0 Å². The maximum absolute atomic E-state index is 3.67. The standard InChI is InChI=1S/C13H22BrNS/c1-5-7-15-12(9(3)6-2)11-8-10(4)13(14)16-11/h8-9,12,15H,5-7H2,1-4H3. The van der Waals surface area contributed by atoms with Crippen LogP contribution in [0.2, 0.25) is 0 Å². The lowest BCUT2D eigenvalue weighted by molar-refractivity contribution is 0.382. The van der Waals surface area contributed by atoms with E-state index in [1.54, 1.807) is 0 Å². The van der Waals surface area contributed by atoms with Crippen LogP contribution in [-0.2, 0) is 0 Å². The van der Waals surface area contributed by atoms with Gasteiger partial charge in [-0.1, -0.05) is 27.2 Å². The Labute approximate surface area is 112 Å². The van der Waals surface area contributed by atoms with Crippen LogP contribution < -0.4 is 5.32 Å². The van der Waals surface area contributed by atoms with E-state index < -0.39 is 0 Å². The third-order valence-electron chi connectivity index (χ3n) is 3.01. The molecule has 1 heterocycles. The average molecular weight is 304 g/mol. The molecule has 0 saturated heterocycles. The molecule has 0 aliphatic rings. The second-order valence-corrected chi connectivity index (χ2v) is 6.82. The van der Waals surface area contributed by atoms with Crippen molar-refractivity contribution >= 4 is 27.3 Å². The molecule has 1 N–H and O–H groups in total. The third-order valence-corrected chi connectivity index (χ3v) is 5.23. The van der Waals surface area contributed by atoms with Gasteiger partial charge >= 0.3 is 0 Å². The van der Waals surface area contributed by atoms with E-state index in [0.717, 1.165) is 6.54 Å². The first kappa shape index (κ1) is 14.2. The van der Waals surface area contributed by atoms with Gasteiger partial charge in [0.2, 0.25) is 0 Å². The highest BCUT2D eigenvalue weighted by atomic mass is 79.9. The van der Waals surface area contributed by atoms with Crippen LogP contribution in [0.5, 0.6) is 0 Å². The lowest BCUT2D eigenvalue weighted by Gasteiger charge is -2.23. The highest BCUT2D eigenvalue weighted by Gasteiger charge is 2.19.